The summed E-state index contributed by atoms with van der Waals surface area (Å²) in [5, 5.41) is 4.33. The maximum Gasteiger partial charge on any atom is 0.356 e. The van der Waals surface area contributed by atoms with Crippen molar-refractivity contribution in [3.63, 3.8) is 0 Å². The van der Waals surface area contributed by atoms with Gasteiger partial charge in [-0.3, -0.25) is 4.68 Å². The highest BCUT2D eigenvalue weighted by molar-refractivity contribution is 5.87. The van der Waals surface area contributed by atoms with Crippen molar-refractivity contribution in [3.05, 3.63) is 40.8 Å². The number of carbonyl (C=O) groups excluding carboxylic acids is 1. The van der Waals surface area contributed by atoms with Gasteiger partial charge in [-0.25, -0.2) is 4.79 Å². The van der Waals surface area contributed by atoms with E-state index in [1.165, 1.54) is 11.1 Å². The Morgan fingerprint density at radius 2 is 2.00 bits per heavy atom. The molecule has 0 saturated heterocycles. The van der Waals surface area contributed by atoms with Crippen LogP contribution in [0.25, 0.3) is 0 Å². The van der Waals surface area contributed by atoms with Crippen LogP contribution in [-0.4, -0.2) is 22.4 Å². The minimum Gasteiger partial charge on any atom is -0.457 e. The molecule has 0 fully saturated rings. The van der Waals surface area contributed by atoms with E-state index in [0.29, 0.717) is 12.3 Å². The molecule has 122 valence electrons. The highest BCUT2D eigenvalue weighted by Crippen LogP contribution is 2.12. The normalized spacial score (nSPS) is 11.7. The standard InChI is InChI=1S/C18H28N2O2/c1-13(2)8-7-9-15(5)10-11-22-18(21)17-12-16(6)19-20(17)14(3)4/h8,10,12,14H,7,9,11H2,1-6H3/b15-10+. The Labute approximate surface area is 133 Å². The molecule has 0 bridgehead atoms. The first-order valence-corrected chi connectivity index (χ1v) is 7.83. The van der Waals surface area contributed by atoms with Gasteiger partial charge in [-0.15, -0.1) is 0 Å². The molecule has 0 unspecified atom stereocenters. The first-order valence-electron chi connectivity index (χ1n) is 7.83. The summed E-state index contributed by atoms with van der Waals surface area (Å²) < 4.78 is 7.05. The summed E-state index contributed by atoms with van der Waals surface area (Å²) in [6.07, 6.45) is 6.21. The van der Waals surface area contributed by atoms with Gasteiger partial charge >= 0.3 is 5.97 Å². The average Bonchev–Trinajstić information content (AvgIpc) is 2.80. The van der Waals surface area contributed by atoms with Crippen LogP contribution in [0.4, 0.5) is 0 Å². The topological polar surface area (TPSA) is 44.1 Å². The van der Waals surface area contributed by atoms with Gasteiger partial charge < -0.3 is 4.74 Å². The number of aromatic nitrogens is 2. The Morgan fingerprint density at radius 3 is 2.59 bits per heavy atom. The lowest BCUT2D eigenvalue weighted by Crippen LogP contribution is -2.15. The van der Waals surface area contributed by atoms with Crippen LogP contribution in [0.15, 0.2) is 29.4 Å². The third-order valence-electron chi connectivity index (χ3n) is 3.29. The van der Waals surface area contributed by atoms with E-state index in [1.54, 1.807) is 10.7 Å². The quantitative estimate of drug-likeness (QED) is 0.545. The molecule has 0 N–H and O–H groups in total. The summed E-state index contributed by atoms with van der Waals surface area (Å²) in [6.45, 7) is 12.4. The van der Waals surface area contributed by atoms with Crippen LogP contribution < -0.4 is 0 Å². The molecular formula is C18H28N2O2. The largest absolute Gasteiger partial charge is 0.457 e. The Bertz CT molecular complexity index is 562. The minimum absolute atomic E-state index is 0.137. The average molecular weight is 304 g/mol. The fourth-order valence-electron chi connectivity index (χ4n) is 2.09. The van der Waals surface area contributed by atoms with Crippen molar-refractivity contribution in [2.24, 2.45) is 0 Å². The van der Waals surface area contributed by atoms with Crippen molar-refractivity contribution < 1.29 is 9.53 Å². The smallest absolute Gasteiger partial charge is 0.356 e. The van der Waals surface area contributed by atoms with E-state index in [4.69, 9.17) is 4.74 Å². The van der Waals surface area contributed by atoms with Crippen molar-refractivity contribution in [2.45, 2.75) is 60.4 Å². The Kier molecular flexibility index (Phi) is 7.09. The molecule has 1 aromatic heterocycles. The summed E-state index contributed by atoms with van der Waals surface area (Å²) in [7, 11) is 0. The number of aryl methyl sites for hydroxylation is 1. The zero-order chi connectivity index (χ0) is 16.7. The molecule has 0 atom stereocenters. The third kappa shape index (κ3) is 5.88. The van der Waals surface area contributed by atoms with E-state index < -0.39 is 0 Å². The number of carbonyl (C=O) groups is 1. The Balaban J connectivity index is 2.54. The van der Waals surface area contributed by atoms with Crippen LogP contribution in [0.3, 0.4) is 0 Å². The van der Waals surface area contributed by atoms with Gasteiger partial charge in [0.15, 0.2) is 0 Å². The lowest BCUT2D eigenvalue weighted by atomic mass is 10.1. The van der Waals surface area contributed by atoms with Gasteiger partial charge in [-0.05, 0) is 66.5 Å². The molecule has 1 aromatic rings. The number of rotatable bonds is 7. The van der Waals surface area contributed by atoms with E-state index >= 15 is 0 Å². The fraction of sp³-hybridized carbons (Fsp3) is 0.556. The number of hydrogen-bond acceptors (Lipinski definition) is 3. The number of esters is 1. The molecule has 0 spiro atoms. The first kappa shape index (κ1) is 18.2. The zero-order valence-electron chi connectivity index (χ0n) is 14.6. The highest BCUT2D eigenvalue weighted by Gasteiger charge is 2.16. The minimum atomic E-state index is -0.317. The molecule has 4 nitrogen and oxygen atoms in total. The predicted octanol–water partition coefficient (Wildman–Crippen LogP) is 4.62. The molecule has 0 aliphatic rings. The fourth-order valence-corrected chi connectivity index (χ4v) is 2.09. The molecule has 0 aliphatic heterocycles. The molecule has 1 heterocycles. The highest BCUT2D eigenvalue weighted by atomic mass is 16.5. The van der Waals surface area contributed by atoms with Crippen LogP contribution in [0.1, 0.15) is 69.7 Å². The van der Waals surface area contributed by atoms with E-state index in [2.05, 4.69) is 31.9 Å². The molecular weight excluding hydrogens is 276 g/mol. The molecule has 22 heavy (non-hydrogen) atoms. The van der Waals surface area contributed by atoms with Crippen molar-refractivity contribution in [1.82, 2.24) is 9.78 Å². The number of allylic oxidation sites excluding steroid dienone is 3. The van der Waals surface area contributed by atoms with Crippen LogP contribution in [0.5, 0.6) is 0 Å². The van der Waals surface area contributed by atoms with E-state index in [1.807, 2.05) is 26.8 Å². The van der Waals surface area contributed by atoms with Crippen molar-refractivity contribution >= 4 is 5.97 Å². The van der Waals surface area contributed by atoms with Gasteiger partial charge in [-0.1, -0.05) is 17.2 Å². The predicted molar refractivity (Wildman–Crippen MR) is 90.1 cm³/mol. The first-order chi connectivity index (χ1) is 10.3. The summed E-state index contributed by atoms with van der Waals surface area (Å²) in [5.41, 5.74) is 3.91. The monoisotopic (exact) mass is 304 g/mol. The third-order valence-corrected chi connectivity index (χ3v) is 3.29. The summed E-state index contributed by atoms with van der Waals surface area (Å²) >= 11 is 0. The lowest BCUT2D eigenvalue weighted by Gasteiger charge is -2.10. The van der Waals surface area contributed by atoms with Crippen molar-refractivity contribution in [2.75, 3.05) is 6.61 Å². The molecule has 0 aromatic carbocycles. The number of ether oxygens (including phenoxy) is 1. The number of hydrogen-bond donors (Lipinski definition) is 0. The van der Waals surface area contributed by atoms with Gasteiger partial charge in [0.2, 0.25) is 0 Å². The Morgan fingerprint density at radius 1 is 1.32 bits per heavy atom. The molecule has 0 amide bonds. The van der Waals surface area contributed by atoms with Crippen LogP contribution in [0.2, 0.25) is 0 Å². The van der Waals surface area contributed by atoms with Crippen LogP contribution in [-0.2, 0) is 4.74 Å². The van der Waals surface area contributed by atoms with Gasteiger partial charge in [0.1, 0.15) is 12.3 Å². The van der Waals surface area contributed by atoms with E-state index in [9.17, 15) is 4.79 Å². The maximum atomic E-state index is 12.1. The molecule has 0 aliphatic carbocycles. The second-order valence-electron chi connectivity index (χ2n) is 6.18. The molecule has 1 rings (SSSR count). The molecule has 0 radical (unpaired) electrons. The second-order valence-corrected chi connectivity index (χ2v) is 6.18. The van der Waals surface area contributed by atoms with Gasteiger partial charge in [0.05, 0.1) is 5.69 Å². The van der Waals surface area contributed by atoms with Gasteiger partial charge in [0, 0.05) is 6.04 Å². The molecule has 4 heteroatoms. The zero-order valence-corrected chi connectivity index (χ0v) is 14.6. The van der Waals surface area contributed by atoms with E-state index in [-0.39, 0.29) is 12.0 Å². The molecule has 0 saturated carbocycles. The van der Waals surface area contributed by atoms with Crippen molar-refractivity contribution in [3.8, 4) is 0 Å². The van der Waals surface area contributed by atoms with Gasteiger partial charge in [0.25, 0.3) is 0 Å². The maximum absolute atomic E-state index is 12.1. The lowest BCUT2D eigenvalue weighted by molar-refractivity contribution is 0.0532. The van der Waals surface area contributed by atoms with Crippen molar-refractivity contribution in [1.29, 1.82) is 0 Å². The number of nitrogens with zero attached hydrogens (tertiary/aromatic N) is 2. The van der Waals surface area contributed by atoms with Gasteiger partial charge in [-0.2, -0.15) is 5.10 Å². The Hall–Kier alpha value is -1.84. The van der Waals surface area contributed by atoms with Crippen LogP contribution in [0, 0.1) is 6.92 Å². The van der Waals surface area contributed by atoms with E-state index in [0.717, 1.165) is 18.5 Å². The SMILES string of the molecule is CC(C)=CCC/C(C)=C/COC(=O)c1cc(C)nn1C(C)C. The summed E-state index contributed by atoms with van der Waals surface area (Å²) in [5.74, 6) is -0.317. The summed E-state index contributed by atoms with van der Waals surface area (Å²) in [4.78, 5) is 12.1. The van der Waals surface area contributed by atoms with Crippen LogP contribution >= 0.6 is 0 Å². The second kappa shape index (κ2) is 8.57. The summed E-state index contributed by atoms with van der Waals surface area (Å²) in [6, 6.07) is 1.91.